The highest BCUT2D eigenvalue weighted by Gasteiger charge is 2.44. The molecule has 0 bridgehead atoms. The molecule has 0 nitrogen and oxygen atoms in total. The zero-order valence-electron chi connectivity index (χ0n) is 20.9. The van der Waals surface area contributed by atoms with E-state index >= 15 is 0 Å². The highest BCUT2D eigenvalue weighted by molar-refractivity contribution is 7.95. The van der Waals surface area contributed by atoms with E-state index in [0.717, 1.165) is 12.6 Å². The van der Waals surface area contributed by atoms with Gasteiger partial charge in [-0.1, -0.05) is 86.5 Å². The maximum atomic E-state index is 8.26. The molecule has 0 fully saturated rings. The van der Waals surface area contributed by atoms with Gasteiger partial charge in [0, 0.05) is 11.9 Å². The molecular weight excluding hydrogens is 435 g/mol. The first-order valence-electron chi connectivity index (χ1n) is 12.1. The van der Waals surface area contributed by atoms with E-state index in [4.69, 9.17) is 5.48 Å². The number of hydrogen-bond donors (Lipinski definition) is 0. The van der Waals surface area contributed by atoms with Crippen molar-refractivity contribution >= 4 is 23.2 Å². The molecule has 3 aromatic carbocycles. The zero-order chi connectivity index (χ0) is 23.0. The lowest BCUT2D eigenvalue weighted by Crippen LogP contribution is -3.00. The Morgan fingerprint density at radius 1 is 0.724 bits per heavy atom. The molecule has 0 N–H and O–H groups in total. The number of allylic oxidation sites excluding steroid dienone is 2. The standard InChI is InChI=1S/C27H32P.BrH/c1-2-3-4-5-6-7-17-24-28(25-18-11-8-12-19-25,26-20-13-9-14-21-26)27-22-15-10-16-23-27;/h6-16,18-23H,2-5,17,24H2,1H3;1H/q+1;/p-1/b7-6-;/i3D2,4D,5D;. The summed E-state index contributed by atoms with van der Waals surface area (Å²) in [5, 5.41) is 3.98. The van der Waals surface area contributed by atoms with Crippen molar-refractivity contribution in [3.05, 3.63) is 103 Å². The Balaban J connectivity index is 0.00000385. The molecule has 2 atom stereocenters. The van der Waals surface area contributed by atoms with E-state index in [1.54, 1.807) is 13.0 Å². The van der Waals surface area contributed by atoms with Crippen LogP contribution in [-0.2, 0) is 0 Å². The van der Waals surface area contributed by atoms with Crippen molar-refractivity contribution in [1.29, 1.82) is 0 Å². The average molecular weight is 471 g/mol. The quantitative estimate of drug-likeness (QED) is 0.314. The molecule has 3 aromatic rings. The minimum atomic E-state index is -1.91. The Labute approximate surface area is 193 Å². The van der Waals surface area contributed by atoms with Crippen molar-refractivity contribution in [2.45, 2.75) is 38.9 Å². The van der Waals surface area contributed by atoms with Crippen LogP contribution in [0, 0.1) is 0 Å². The minimum Gasteiger partial charge on any atom is -1.00 e. The van der Waals surface area contributed by atoms with Crippen LogP contribution in [-0.4, -0.2) is 6.16 Å². The fraction of sp³-hybridized carbons (Fsp3) is 0.259. The zero-order valence-corrected chi connectivity index (χ0v) is 19.4. The van der Waals surface area contributed by atoms with E-state index in [-0.39, 0.29) is 23.4 Å². The summed E-state index contributed by atoms with van der Waals surface area (Å²) >= 11 is 0. The summed E-state index contributed by atoms with van der Waals surface area (Å²) in [6.45, 7) is 1.73. The molecule has 0 aliphatic heterocycles. The van der Waals surface area contributed by atoms with Gasteiger partial charge in [0.1, 0.15) is 23.2 Å². The lowest BCUT2D eigenvalue weighted by atomic mass is 10.2. The fourth-order valence-corrected chi connectivity index (χ4v) is 7.82. The molecule has 0 aromatic heterocycles. The van der Waals surface area contributed by atoms with Gasteiger partial charge < -0.3 is 17.0 Å². The number of rotatable bonds is 10. The Morgan fingerprint density at radius 2 is 1.17 bits per heavy atom. The molecule has 0 aliphatic carbocycles. The molecular formula is C27H32BrP. The van der Waals surface area contributed by atoms with Crippen LogP contribution in [0.4, 0.5) is 0 Å². The van der Waals surface area contributed by atoms with Crippen molar-refractivity contribution in [2.75, 3.05) is 6.16 Å². The van der Waals surface area contributed by atoms with Gasteiger partial charge in [-0.25, -0.2) is 0 Å². The summed E-state index contributed by atoms with van der Waals surface area (Å²) in [6.07, 6.45) is 2.01. The van der Waals surface area contributed by atoms with E-state index in [2.05, 4.69) is 91.0 Å². The maximum Gasteiger partial charge on any atom is 0.112 e. The van der Waals surface area contributed by atoms with Crippen LogP contribution < -0.4 is 32.9 Å². The molecule has 0 saturated heterocycles. The Kier molecular flexibility index (Phi) is 7.98. The summed E-state index contributed by atoms with van der Waals surface area (Å²) in [5.74, 6) is 0. The van der Waals surface area contributed by atoms with E-state index in [0.29, 0.717) is 0 Å². The van der Waals surface area contributed by atoms with Gasteiger partial charge in [-0.15, -0.1) is 0 Å². The summed E-state index contributed by atoms with van der Waals surface area (Å²) in [5.41, 5.74) is 0. The first-order valence-corrected chi connectivity index (χ1v) is 12.0. The van der Waals surface area contributed by atoms with Crippen molar-refractivity contribution in [3.63, 3.8) is 0 Å². The number of hydrogen-bond acceptors (Lipinski definition) is 0. The first kappa shape index (κ1) is 18.1. The molecule has 0 spiro atoms. The molecule has 152 valence electrons. The minimum absolute atomic E-state index is 0. The lowest BCUT2D eigenvalue weighted by Gasteiger charge is -2.27. The van der Waals surface area contributed by atoms with Crippen molar-refractivity contribution in [1.82, 2.24) is 0 Å². The van der Waals surface area contributed by atoms with Crippen LogP contribution in [0.3, 0.4) is 0 Å². The molecule has 0 amide bonds. The van der Waals surface area contributed by atoms with Gasteiger partial charge in [-0.05, 0) is 49.2 Å². The van der Waals surface area contributed by atoms with Gasteiger partial charge in [0.15, 0.2) is 0 Å². The second-order valence-corrected chi connectivity index (χ2v) is 10.3. The van der Waals surface area contributed by atoms with Gasteiger partial charge in [0.25, 0.3) is 0 Å². The van der Waals surface area contributed by atoms with E-state index < -0.39 is 26.4 Å². The maximum absolute atomic E-state index is 8.26. The van der Waals surface area contributed by atoms with Gasteiger partial charge in [0.05, 0.1) is 6.16 Å². The third kappa shape index (κ3) is 6.14. The third-order valence-corrected chi connectivity index (χ3v) is 9.36. The van der Waals surface area contributed by atoms with E-state index in [1.165, 1.54) is 15.9 Å². The van der Waals surface area contributed by atoms with Crippen LogP contribution >= 0.6 is 7.26 Å². The predicted molar refractivity (Wildman–Crippen MR) is 128 cm³/mol. The highest BCUT2D eigenvalue weighted by Crippen LogP contribution is 2.55. The smallest absolute Gasteiger partial charge is 0.112 e. The van der Waals surface area contributed by atoms with Crippen molar-refractivity contribution < 1.29 is 22.5 Å². The molecule has 2 unspecified atom stereocenters. The monoisotopic (exact) mass is 470 g/mol. The molecule has 0 heterocycles. The molecule has 0 aliphatic rings. The second kappa shape index (κ2) is 12.8. The van der Waals surface area contributed by atoms with E-state index in [1.807, 2.05) is 6.08 Å². The van der Waals surface area contributed by atoms with Crippen LogP contribution in [0.1, 0.15) is 44.4 Å². The van der Waals surface area contributed by atoms with Gasteiger partial charge in [0.2, 0.25) is 0 Å². The molecule has 0 saturated carbocycles. The summed E-state index contributed by atoms with van der Waals surface area (Å²) in [4.78, 5) is 0. The van der Waals surface area contributed by atoms with Crippen LogP contribution in [0.15, 0.2) is 103 Å². The number of halogens is 1. The highest BCUT2D eigenvalue weighted by atomic mass is 79.9. The third-order valence-electron chi connectivity index (χ3n) is 4.89. The Bertz CT molecular complexity index is 884. The summed E-state index contributed by atoms with van der Waals surface area (Å²) < 4.78 is 32.3. The Morgan fingerprint density at radius 3 is 1.59 bits per heavy atom. The molecule has 29 heavy (non-hydrogen) atoms. The molecule has 3 rings (SSSR count). The summed E-state index contributed by atoms with van der Waals surface area (Å²) in [7, 11) is -1.91. The fourth-order valence-electron chi connectivity index (χ4n) is 3.57. The van der Waals surface area contributed by atoms with Crippen molar-refractivity contribution in [3.8, 4) is 0 Å². The Hall–Kier alpha value is -1.69. The van der Waals surface area contributed by atoms with Crippen molar-refractivity contribution in [2.24, 2.45) is 0 Å². The molecule has 2 heteroatoms. The summed E-state index contributed by atoms with van der Waals surface area (Å²) in [6, 6.07) is 32.1. The predicted octanol–water partition coefficient (Wildman–Crippen LogP) is 3.51. The van der Waals surface area contributed by atoms with Crippen LogP contribution in [0.2, 0.25) is 0 Å². The number of benzene rings is 3. The normalized spacial score (nSPS) is 16.0. The topological polar surface area (TPSA) is 0 Å². The van der Waals surface area contributed by atoms with Gasteiger partial charge in [-0.3, -0.25) is 0 Å². The van der Waals surface area contributed by atoms with Gasteiger partial charge >= 0.3 is 0 Å². The molecule has 0 radical (unpaired) electrons. The average Bonchev–Trinajstić information content (AvgIpc) is 2.85. The van der Waals surface area contributed by atoms with E-state index in [9.17, 15) is 0 Å². The SMILES string of the molecule is [2H]C(/C=C\CC[P+](c1ccccc1)(c1ccccc1)c1ccccc1)C([2H])C([2H])([2H])CC.[Br-]. The first-order chi connectivity index (χ1) is 15.4. The van der Waals surface area contributed by atoms with Crippen LogP contribution in [0.5, 0.6) is 0 Å². The largest absolute Gasteiger partial charge is 1.00 e. The second-order valence-electron chi connectivity index (χ2n) is 6.67. The van der Waals surface area contributed by atoms with Gasteiger partial charge in [-0.2, -0.15) is 0 Å². The lowest BCUT2D eigenvalue weighted by molar-refractivity contribution is -0.00000559. The van der Waals surface area contributed by atoms with Crippen LogP contribution in [0.25, 0.3) is 0 Å².